The Bertz CT molecular complexity index is 581. The third-order valence-corrected chi connectivity index (χ3v) is 4.18. The van der Waals surface area contributed by atoms with E-state index in [0.29, 0.717) is 17.4 Å². The standard InChI is InChI=1S/C14H21N5/c1-9(2)7-14(5-3-4-6-14)13-18-10-11(15)16-8-17-12(10)19-13/h8-9H,3-7H2,1-2H3,(H3,15,16,17,18,19). The summed E-state index contributed by atoms with van der Waals surface area (Å²) in [7, 11) is 0. The van der Waals surface area contributed by atoms with Gasteiger partial charge in [0.05, 0.1) is 0 Å². The fraction of sp³-hybridized carbons (Fsp3) is 0.643. The van der Waals surface area contributed by atoms with Gasteiger partial charge in [0, 0.05) is 5.41 Å². The predicted molar refractivity (Wildman–Crippen MR) is 75.7 cm³/mol. The second kappa shape index (κ2) is 4.47. The largest absolute Gasteiger partial charge is 0.382 e. The van der Waals surface area contributed by atoms with E-state index >= 15 is 0 Å². The van der Waals surface area contributed by atoms with Crippen molar-refractivity contribution in [3.63, 3.8) is 0 Å². The Morgan fingerprint density at radius 1 is 1.32 bits per heavy atom. The van der Waals surface area contributed by atoms with Crippen molar-refractivity contribution in [1.29, 1.82) is 0 Å². The van der Waals surface area contributed by atoms with Crippen LogP contribution in [0.4, 0.5) is 5.82 Å². The van der Waals surface area contributed by atoms with E-state index in [0.717, 1.165) is 11.3 Å². The molecule has 1 saturated carbocycles. The number of nitrogen functional groups attached to an aromatic ring is 1. The Labute approximate surface area is 113 Å². The molecule has 1 aliphatic rings. The minimum absolute atomic E-state index is 0.182. The van der Waals surface area contributed by atoms with Crippen molar-refractivity contribution in [1.82, 2.24) is 19.9 Å². The summed E-state index contributed by atoms with van der Waals surface area (Å²) in [5.74, 6) is 2.21. The van der Waals surface area contributed by atoms with Crippen molar-refractivity contribution >= 4 is 17.0 Å². The maximum Gasteiger partial charge on any atom is 0.183 e. The fourth-order valence-corrected chi connectivity index (χ4v) is 3.47. The minimum atomic E-state index is 0.182. The van der Waals surface area contributed by atoms with Crippen LogP contribution in [0.2, 0.25) is 0 Å². The van der Waals surface area contributed by atoms with Gasteiger partial charge in [-0.3, -0.25) is 0 Å². The molecule has 0 bridgehead atoms. The SMILES string of the molecule is CC(C)CC1(c2nc3ncnc(N)c3[nH]2)CCCC1. The number of H-pyrrole nitrogens is 1. The van der Waals surface area contributed by atoms with Gasteiger partial charge in [-0.15, -0.1) is 0 Å². The zero-order chi connectivity index (χ0) is 13.5. The van der Waals surface area contributed by atoms with E-state index in [1.165, 1.54) is 38.4 Å². The summed E-state index contributed by atoms with van der Waals surface area (Å²) in [6.07, 6.45) is 7.62. The predicted octanol–water partition coefficient (Wildman–Crippen LogP) is 2.79. The van der Waals surface area contributed by atoms with Gasteiger partial charge < -0.3 is 10.7 Å². The Morgan fingerprint density at radius 2 is 2.05 bits per heavy atom. The van der Waals surface area contributed by atoms with Crippen molar-refractivity contribution in [2.45, 2.75) is 51.4 Å². The lowest BCUT2D eigenvalue weighted by Gasteiger charge is -2.28. The summed E-state index contributed by atoms with van der Waals surface area (Å²) >= 11 is 0. The molecule has 0 atom stereocenters. The van der Waals surface area contributed by atoms with Crippen LogP contribution < -0.4 is 5.73 Å². The van der Waals surface area contributed by atoms with E-state index in [2.05, 4.69) is 28.8 Å². The van der Waals surface area contributed by atoms with Gasteiger partial charge in [-0.25, -0.2) is 15.0 Å². The number of anilines is 1. The molecule has 3 N–H and O–H groups in total. The fourth-order valence-electron chi connectivity index (χ4n) is 3.47. The number of hydrogen-bond acceptors (Lipinski definition) is 4. The monoisotopic (exact) mass is 259 g/mol. The van der Waals surface area contributed by atoms with Crippen LogP contribution in [0.25, 0.3) is 11.2 Å². The third-order valence-electron chi connectivity index (χ3n) is 4.18. The summed E-state index contributed by atoms with van der Waals surface area (Å²) < 4.78 is 0. The van der Waals surface area contributed by atoms with Gasteiger partial charge in [-0.2, -0.15) is 0 Å². The summed E-state index contributed by atoms with van der Waals surface area (Å²) in [5.41, 5.74) is 7.55. The summed E-state index contributed by atoms with van der Waals surface area (Å²) in [6.45, 7) is 4.55. The Balaban J connectivity index is 2.08. The second-order valence-corrected chi connectivity index (χ2v) is 6.13. The van der Waals surface area contributed by atoms with Gasteiger partial charge in [0.15, 0.2) is 11.5 Å². The maximum absolute atomic E-state index is 5.89. The van der Waals surface area contributed by atoms with E-state index in [-0.39, 0.29) is 5.41 Å². The molecular formula is C14H21N5. The third kappa shape index (κ3) is 2.07. The molecule has 1 fully saturated rings. The van der Waals surface area contributed by atoms with Crippen LogP contribution in [0.15, 0.2) is 6.33 Å². The molecule has 0 aliphatic heterocycles. The summed E-state index contributed by atoms with van der Waals surface area (Å²) in [4.78, 5) is 16.3. The van der Waals surface area contributed by atoms with Crippen LogP contribution in [0, 0.1) is 5.92 Å². The maximum atomic E-state index is 5.89. The number of rotatable bonds is 3. The zero-order valence-corrected chi connectivity index (χ0v) is 11.6. The van der Waals surface area contributed by atoms with Crippen molar-refractivity contribution in [3.05, 3.63) is 12.2 Å². The van der Waals surface area contributed by atoms with Gasteiger partial charge in [-0.1, -0.05) is 26.7 Å². The molecule has 5 heteroatoms. The molecule has 2 aromatic rings. The van der Waals surface area contributed by atoms with Crippen LogP contribution in [0.5, 0.6) is 0 Å². The molecule has 0 aromatic carbocycles. The van der Waals surface area contributed by atoms with E-state index in [4.69, 9.17) is 10.7 Å². The highest BCUT2D eigenvalue weighted by atomic mass is 15.1. The van der Waals surface area contributed by atoms with Crippen LogP contribution in [0.3, 0.4) is 0 Å². The highest BCUT2D eigenvalue weighted by Crippen LogP contribution is 2.44. The number of hydrogen-bond donors (Lipinski definition) is 2. The molecule has 5 nitrogen and oxygen atoms in total. The molecule has 0 spiro atoms. The average molecular weight is 259 g/mol. The molecule has 0 saturated heterocycles. The highest BCUT2D eigenvalue weighted by Gasteiger charge is 2.39. The number of nitrogens with two attached hydrogens (primary N) is 1. The van der Waals surface area contributed by atoms with E-state index in [1.54, 1.807) is 0 Å². The molecule has 0 radical (unpaired) electrons. The zero-order valence-electron chi connectivity index (χ0n) is 11.6. The summed E-state index contributed by atoms with van der Waals surface area (Å²) in [5, 5.41) is 0. The van der Waals surface area contributed by atoms with E-state index < -0.39 is 0 Å². The number of imidazole rings is 1. The van der Waals surface area contributed by atoms with Gasteiger partial charge in [0.1, 0.15) is 17.7 Å². The van der Waals surface area contributed by atoms with Crippen LogP contribution >= 0.6 is 0 Å². The number of aromatic amines is 1. The highest BCUT2D eigenvalue weighted by molar-refractivity contribution is 5.81. The lowest BCUT2D eigenvalue weighted by Crippen LogP contribution is -2.25. The number of fused-ring (bicyclic) bond motifs is 1. The smallest absolute Gasteiger partial charge is 0.183 e. The van der Waals surface area contributed by atoms with Gasteiger partial charge in [0.2, 0.25) is 0 Å². The first-order chi connectivity index (χ1) is 9.11. The normalized spacial score (nSPS) is 18.5. The van der Waals surface area contributed by atoms with Gasteiger partial charge >= 0.3 is 0 Å². The lowest BCUT2D eigenvalue weighted by molar-refractivity contribution is 0.332. The minimum Gasteiger partial charge on any atom is -0.382 e. The first-order valence-electron chi connectivity index (χ1n) is 7.07. The van der Waals surface area contributed by atoms with E-state index in [9.17, 15) is 0 Å². The molecule has 0 amide bonds. The topological polar surface area (TPSA) is 80.5 Å². The Morgan fingerprint density at radius 3 is 2.68 bits per heavy atom. The molecule has 3 rings (SSSR count). The number of aromatic nitrogens is 4. The quantitative estimate of drug-likeness (QED) is 0.888. The lowest BCUT2D eigenvalue weighted by atomic mass is 9.78. The van der Waals surface area contributed by atoms with Crippen molar-refractivity contribution in [2.24, 2.45) is 5.92 Å². The van der Waals surface area contributed by atoms with E-state index in [1.807, 2.05) is 0 Å². The number of nitrogens with one attached hydrogen (secondary N) is 1. The van der Waals surface area contributed by atoms with Crippen LogP contribution in [-0.2, 0) is 5.41 Å². The molecule has 1 aliphatic carbocycles. The summed E-state index contributed by atoms with van der Waals surface area (Å²) in [6, 6.07) is 0. The van der Waals surface area contributed by atoms with Crippen molar-refractivity contribution < 1.29 is 0 Å². The second-order valence-electron chi connectivity index (χ2n) is 6.13. The molecular weight excluding hydrogens is 238 g/mol. The van der Waals surface area contributed by atoms with Crippen LogP contribution in [0.1, 0.15) is 51.8 Å². The van der Waals surface area contributed by atoms with Crippen molar-refractivity contribution in [2.75, 3.05) is 5.73 Å². The first kappa shape index (κ1) is 12.4. The van der Waals surface area contributed by atoms with Gasteiger partial charge in [0.25, 0.3) is 0 Å². The molecule has 2 aromatic heterocycles. The van der Waals surface area contributed by atoms with Gasteiger partial charge in [-0.05, 0) is 25.2 Å². The molecule has 0 unspecified atom stereocenters. The van der Waals surface area contributed by atoms with Crippen LogP contribution in [-0.4, -0.2) is 19.9 Å². The average Bonchev–Trinajstić information content (AvgIpc) is 2.95. The Kier molecular flexibility index (Phi) is 2.92. The number of nitrogens with zero attached hydrogens (tertiary/aromatic N) is 3. The Hall–Kier alpha value is -1.65. The molecule has 102 valence electrons. The first-order valence-corrected chi connectivity index (χ1v) is 7.07. The van der Waals surface area contributed by atoms with Crippen molar-refractivity contribution in [3.8, 4) is 0 Å². The molecule has 2 heterocycles. The molecule has 19 heavy (non-hydrogen) atoms.